The number of ketones is 1. The Morgan fingerprint density at radius 3 is 2.13 bits per heavy atom. The van der Waals surface area contributed by atoms with Gasteiger partial charge in [-0.1, -0.05) is 46.3 Å². The van der Waals surface area contributed by atoms with Gasteiger partial charge in [0.05, 0.1) is 4.47 Å². The number of rotatable bonds is 4. The van der Waals surface area contributed by atoms with Gasteiger partial charge in [0.25, 0.3) is 0 Å². The molecule has 3 rings (SSSR count). The van der Waals surface area contributed by atoms with Gasteiger partial charge in [0.2, 0.25) is 0 Å². The highest BCUT2D eigenvalue weighted by Crippen LogP contribution is 2.32. The van der Waals surface area contributed by atoms with E-state index in [4.69, 9.17) is 4.74 Å². The standard InChI is InChI=1S/C19H12Br2O2/c20-15-8-11-17(21)18(12-15)23-16-9-6-14(7-10-16)19(22)13-4-2-1-3-5-13/h1-12H. The minimum Gasteiger partial charge on any atom is -0.456 e. The summed E-state index contributed by atoms with van der Waals surface area (Å²) in [6.07, 6.45) is 0. The van der Waals surface area contributed by atoms with E-state index in [1.54, 1.807) is 24.3 Å². The highest BCUT2D eigenvalue weighted by Gasteiger charge is 2.09. The average Bonchev–Trinajstić information content (AvgIpc) is 2.59. The Kier molecular flexibility index (Phi) is 4.94. The van der Waals surface area contributed by atoms with Gasteiger partial charge in [-0.2, -0.15) is 0 Å². The third kappa shape index (κ3) is 3.89. The molecule has 0 saturated heterocycles. The highest BCUT2D eigenvalue weighted by atomic mass is 79.9. The van der Waals surface area contributed by atoms with Gasteiger partial charge in [-0.3, -0.25) is 4.79 Å². The first-order valence-corrected chi connectivity index (χ1v) is 8.55. The summed E-state index contributed by atoms with van der Waals surface area (Å²) < 4.78 is 7.64. The fourth-order valence-electron chi connectivity index (χ4n) is 2.11. The molecular weight excluding hydrogens is 420 g/mol. The fourth-order valence-corrected chi connectivity index (χ4v) is 2.78. The molecule has 0 spiro atoms. The van der Waals surface area contributed by atoms with Gasteiger partial charge in [-0.05, 0) is 58.4 Å². The summed E-state index contributed by atoms with van der Waals surface area (Å²) in [4.78, 5) is 12.4. The molecule has 0 fully saturated rings. The van der Waals surface area contributed by atoms with Crippen LogP contribution in [0.2, 0.25) is 0 Å². The molecular formula is C19H12Br2O2. The van der Waals surface area contributed by atoms with Crippen LogP contribution in [0.15, 0.2) is 81.7 Å². The molecule has 0 radical (unpaired) electrons. The summed E-state index contributed by atoms with van der Waals surface area (Å²) in [6.45, 7) is 0. The van der Waals surface area contributed by atoms with E-state index in [0.717, 1.165) is 8.95 Å². The van der Waals surface area contributed by atoms with Crippen molar-refractivity contribution in [1.82, 2.24) is 0 Å². The van der Waals surface area contributed by atoms with E-state index < -0.39 is 0 Å². The number of benzene rings is 3. The van der Waals surface area contributed by atoms with Gasteiger partial charge in [-0.25, -0.2) is 0 Å². The molecule has 0 aliphatic carbocycles. The molecule has 23 heavy (non-hydrogen) atoms. The molecule has 0 heterocycles. The quantitative estimate of drug-likeness (QED) is 0.457. The highest BCUT2D eigenvalue weighted by molar-refractivity contribution is 9.11. The minimum atomic E-state index is 0.000728. The molecule has 0 N–H and O–H groups in total. The Balaban J connectivity index is 1.80. The topological polar surface area (TPSA) is 26.3 Å². The summed E-state index contributed by atoms with van der Waals surface area (Å²) >= 11 is 6.88. The van der Waals surface area contributed by atoms with Gasteiger partial charge < -0.3 is 4.74 Å². The molecule has 3 aromatic rings. The van der Waals surface area contributed by atoms with Crippen molar-refractivity contribution in [3.8, 4) is 11.5 Å². The zero-order chi connectivity index (χ0) is 16.2. The summed E-state index contributed by atoms with van der Waals surface area (Å²) in [5, 5.41) is 0. The number of carbonyl (C=O) groups is 1. The summed E-state index contributed by atoms with van der Waals surface area (Å²) in [7, 11) is 0. The molecule has 0 unspecified atom stereocenters. The van der Waals surface area contributed by atoms with Crippen LogP contribution in [0.5, 0.6) is 11.5 Å². The van der Waals surface area contributed by atoms with Crippen LogP contribution in [0.3, 0.4) is 0 Å². The zero-order valence-electron chi connectivity index (χ0n) is 12.0. The van der Waals surface area contributed by atoms with Gasteiger partial charge in [0.1, 0.15) is 11.5 Å². The normalized spacial score (nSPS) is 10.3. The maximum absolute atomic E-state index is 12.4. The maximum Gasteiger partial charge on any atom is 0.193 e. The Hall–Kier alpha value is -1.91. The molecule has 4 heteroatoms. The molecule has 114 valence electrons. The molecule has 0 amide bonds. The fraction of sp³-hybridized carbons (Fsp3) is 0. The lowest BCUT2D eigenvalue weighted by Gasteiger charge is -2.09. The number of carbonyl (C=O) groups excluding carboxylic acids is 1. The molecule has 0 bridgehead atoms. The van der Waals surface area contributed by atoms with E-state index in [1.807, 2.05) is 48.5 Å². The first kappa shape index (κ1) is 16.0. The average molecular weight is 432 g/mol. The first-order chi connectivity index (χ1) is 11.1. The predicted molar refractivity (Wildman–Crippen MR) is 98.2 cm³/mol. The SMILES string of the molecule is O=C(c1ccccc1)c1ccc(Oc2cc(Br)ccc2Br)cc1. The lowest BCUT2D eigenvalue weighted by molar-refractivity contribution is 0.103. The molecule has 0 saturated carbocycles. The summed E-state index contributed by atoms with van der Waals surface area (Å²) in [6, 6.07) is 22.1. The molecule has 3 aromatic carbocycles. The number of hydrogen-bond acceptors (Lipinski definition) is 2. The van der Waals surface area contributed by atoms with E-state index in [9.17, 15) is 4.79 Å². The summed E-state index contributed by atoms with van der Waals surface area (Å²) in [5.41, 5.74) is 1.31. The third-order valence-corrected chi connectivity index (χ3v) is 4.42. The Morgan fingerprint density at radius 2 is 1.43 bits per heavy atom. The molecule has 0 aliphatic heterocycles. The number of halogens is 2. The maximum atomic E-state index is 12.4. The summed E-state index contributed by atoms with van der Waals surface area (Å²) in [5.74, 6) is 1.38. The minimum absolute atomic E-state index is 0.000728. The second-order valence-electron chi connectivity index (χ2n) is 4.90. The van der Waals surface area contributed by atoms with Crippen molar-refractivity contribution in [2.24, 2.45) is 0 Å². The second-order valence-corrected chi connectivity index (χ2v) is 6.67. The van der Waals surface area contributed by atoms with Crippen LogP contribution in [0.1, 0.15) is 15.9 Å². The second kappa shape index (κ2) is 7.11. The smallest absolute Gasteiger partial charge is 0.193 e. The Labute approximate surface area is 151 Å². The van der Waals surface area contributed by atoms with Gasteiger partial charge in [0, 0.05) is 15.6 Å². The van der Waals surface area contributed by atoms with Crippen LogP contribution in [-0.2, 0) is 0 Å². The van der Waals surface area contributed by atoms with Crippen molar-refractivity contribution in [3.63, 3.8) is 0 Å². The first-order valence-electron chi connectivity index (χ1n) is 6.96. The Morgan fingerprint density at radius 1 is 0.783 bits per heavy atom. The van der Waals surface area contributed by atoms with Crippen molar-refractivity contribution >= 4 is 37.6 Å². The number of hydrogen-bond donors (Lipinski definition) is 0. The van der Waals surface area contributed by atoms with Gasteiger partial charge in [0.15, 0.2) is 5.78 Å². The van der Waals surface area contributed by atoms with Crippen molar-refractivity contribution < 1.29 is 9.53 Å². The monoisotopic (exact) mass is 430 g/mol. The number of ether oxygens (including phenoxy) is 1. The van der Waals surface area contributed by atoms with Crippen LogP contribution in [0, 0.1) is 0 Å². The van der Waals surface area contributed by atoms with Crippen LogP contribution < -0.4 is 4.74 Å². The van der Waals surface area contributed by atoms with Crippen LogP contribution in [0.25, 0.3) is 0 Å². The van der Waals surface area contributed by atoms with E-state index in [2.05, 4.69) is 31.9 Å². The van der Waals surface area contributed by atoms with Crippen LogP contribution in [0.4, 0.5) is 0 Å². The van der Waals surface area contributed by atoms with E-state index in [-0.39, 0.29) is 5.78 Å². The largest absolute Gasteiger partial charge is 0.456 e. The molecule has 0 aromatic heterocycles. The van der Waals surface area contributed by atoms with Crippen LogP contribution >= 0.6 is 31.9 Å². The van der Waals surface area contributed by atoms with Gasteiger partial charge >= 0.3 is 0 Å². The van der Waals surface area contributed by atoms with Crippen molar-refractivity contribution in [2.45, 2.75) is 0 Å². The molecule has 2 nitrogen and oxygen atoms in total. The van der Waals surface area contributed by atoms with Crippen molar-refractivity contribution in [1.29, 1.82) is 0 Å². The lowest BCUT2D eigenvalue weighted by Crippen LogP contribution is -2.00. The predicted octanol–water partition coefficient (Wildman–Crippen LogP) is 6.23. The van der Waals surface area contributed by atoms with E-state index >= 15 is 0 Å². The molecule has 0 atom stereocenters. The van der Waals surface area contributed by atoms with E-state index in [0.29, 0.717) is 22.6 Å². The lowest BCUT2D eigenvalue weighted by atomic mass is 10.0. The van der Waals surface area contributed by atoms with E-state index in [1.165, 1.54) is 0 Å². The van der Waals surface area contributed by atoms with Crippen molar-refractivity contribution in [2.75, 3.05) is 0 Å². The third-order valence-electron chi connectivity index (χ3n) is 3.27. The molecule has 0 aliphatic rings. The van der Waals surface area contributed by atoms with Crippen molar-refractivity contribution in [3.05, 3.63) is 92.9 Å². The van der Waals surface area contributed by atoms with Crippen LogP contribution in [-0.4, -0.2) is 5.78 Å². The Bertz CT molecular complexity index is 828. The zero-order valence-corrected chi connectivity index (χ0v) is 15.2. The van der Waals surface area contributed by atoms with Gasteiger partial charge in [-0.15, -0.1) is 0 Å².